The Labute approximate surface area is 195 Å². The van der Waals surface area contributed by atoms with Gasteiger partial charge < -0.3 is 15.0 Å². The fourth-order valence-corrected chi connectivity index (χ4v) is 4.35. The number of rotatable bonds is 9. The maximum Gasteiger partial charge on any atom is 0.293 e. The van der Waals surface area contributed by atoms with Crippen molar-refractivity contribution in [2.24, 2.45) is 0 Å². The second-order valence-electron chi connectivity index (χ2n) is 7.12. The number of benzene rings is 2. The van der Waals surface area contributed by atoms with Gasteiger partial charge in [-0.3, -0.25) is 4.79 Å². The number of hydrogen-bond acceptors (Lipinski definition) is 3. The number of nitrogens with one attached hydrogen (secondary N) is 2. The van der Waals surface area contributed by atoms with Crippen molar-refractivity contribution >= 4 is 51.3 Å². The van der Waals surface area contributed by atoms with Crippen molar-refractivity contribution in [3.8, 4) is 0 Å². The monoisotopic (exact) mass is 508 g/mol. The van der Waals surface area contributed by atoms with Crippen LogP contribution < -0.4 is 5.32 Å². The first-order valence-electron chi connectivity index (χ1n) is 9.64. The van der Waals surface area contributed by atoms with Crippen molar-refractivity contribution < 1.29 is 9.53 Å². The minimum absolute atomic E-state index is 0.165. The third kappa shape index (κ3) is 5.39. The Hall–Kier alpha value is -1.95. The highest BCUT2D eigenvalue weighted by Crippen LogP contribution is 2.40. The molecule has 0 saturated carbocycles. The molecular formula is C23H23BrCl2N2O2. The van der Waals surface area contributed by atoms with E-state index < -0.39 is 0 Å². The molecule has 3 aromatic rings. The van der Waals surface area contributed by atoms with Gasteiger partial charge in [0.2, 0.25) is 0 Å². The van der Waals surface area contributed by atoms with E-state index in [0.29, 0.717) is 22.9 Å². The lowest BCUT2D eigenvalue weighted by Crippen LogP contribution is -2.31. The van der Waals surface area contributed by atoms with Crippen LogP contribution in [0.2, 0.25) is 10.0 Å². The minimum Gasteiger partial charge on any atom is -0.464 e. The average Bonchev–Trinajstić information content (AvgIpc) is 3.15. The van der Waals surface area contributed by atoms with Crippen molar-refractivity contribution in [2.75, 3.05) is 5.32 Å². The Morgan fingerprint density at radius 2 is 1.80 bits per heavy atom. The highest BCUT2D eigenvalue weighted by Gasteiger charge is 2.34. The van der Waals surface area contributed by atoms with Crippen LogP contribution in [-0.2, 0) is 9.53 Å². The van der Waals surface area contributed by atoms with E-state index >= 15 is 0 Å². The Balaban J connectivity index is 2.13. The Morgan fingerprint density at radius 1 is 1.10 bits per heavy atom. The number of carbonyl (C=O) groups is 1. The van der Waals surface area contributed by atoms with Crippen molar-refractivity contribution in [3.63, 3.8) is 0 Å². The normalized spacial score (nSPS) is 14.0. The molecule has 30 heavy (non-hydrogen) atoms. The van der Waals surface area contributed by atoms with Gasteiger partial charge in [-0.05, 0) is 76.3 Å². The summed E-state index contributed by atoms with van der Waals surface area (Å²) >= 11 is 15.9. The summed E-state index contributed by atoms with van der Waals surface area (Å²) in [5.41, 5.74) is 4.02. The fraction of sp³-hybridized carbons (Fsp3) is 0.261. The topological polar surface area (TPSA) is 54.1 Å². The molecule has 0 radical (unpaired) electrons. The quantitative estimate of drug-likeness (QED) is 0.298. The van der Waals surface area contributed by atoms with Gasteiger partial charge in [0.15, 0.2) is 0 Å². The zero-order valence-electron chi connectivity index (χ0n) is 16.7. The molecule has 3 atom stereocenters. The lowest BCUT2D eigenvalue weighted by molar-refractivity contribution is -0.135. The largest absolute Gasteiger partial charge is 0.464 e. The molecule has 2 N–H and O–H groups in total. The number of aromatic amines is 1. The zero-order chi connectivity index (χ0) is 21.7. The molecule has 0 saturated heterocycles. The molecular weight excluding hydrogens is 487 g/mol. The molecule has 0 aliphatic heterocycles. The SMILES string of the molecule is CCC(OC=O)C(c1c[nH]c(Br)c1)C(Nc1cc(Cl)ccc1C)c1ccc(Cl)cc1. The molecule has 0 aliphatic rings. The molecule has 2 aromatic carbocycles. The summed E-state index contributed by atoms with van der Waals surface area (Å²) in [6.07, 6.45) is 2.26. The highest BCUT2D eigenvalue weighted by atomic mass is 79.9. The van der Waals surface area contributed by atoms with Gasteiger partial charge in [0, 0.05) is 27.8 Å². The second-order valence-corrected chi connectivity index (χ2v) is 8.85. The van der Waals surface area contributed by atoms with Crippen LogP contribution >= 0.6 is 39.1 Å². The third-order valence-corrected chi connectivity index (χ3v) is 6.13. The molecule has 7 heteroatoms. The van der Waals surface area contributed by atoms with E-state index in [1.807, 2.05) is 68.6 Å². The number of ether oxygens (including phenoxy) is 1. The Kier molecular flexibility index (Phi) is 7.87. The van der Waals surface area contributed by atoms with Gasteiger partial charge in [-0.25, -0.2) is 0 Å². The molecule has 0 spiro atoms. The highest BCUT2D eigenvalue weighted by molar-refractivity contribution is 9.10. The van der Waals surface area contributed by atoms with E-state index in [0.717, 1.165) is 27.0 Å². The van der Waals surface area contributed by atoms with Crippen LogP contribution in [0.25, 0.3) is 0 Å². The molecule has 0 aliphatic carbocycles. The first-order valence-corrected chi connectivity index (χ1v) is 11.2. The van der Waals surface area contributed by atoms with E-state index in [2.05, 4.69) is 26.2 Å². The van der Waals surface area contributed by atoms with Gasteiger partial charge in [-0.2, -0.15) is 0 Å². The number of halogens is 3. The van der Waals surface area contributed by atoms with Gasteiger partial charge in [-0.1, -0.05) is 48.3 Å². The summed E-state index contributed by atoms with van der Waals surface area (Å²) in [6, 6.07) is 15.3. The Bertz CT molecular complexity index is 991. The van der Waals surface area contributed by atoms with E-state index in [-0.39, 0.29) is 18.1 Å². The van der Waals surface area contributed by atoms with Crippen molar-refractivity contribution in [2.45, 2.75) is 38.3 Å². The van der Waals surface area contributed by atoms with E-state index in [9.17, 15) is 4.79 Å². The molecule has 0 bridgehead atoms. The van der Waals surface area contributed by atoms with Crippen LogP contribution in [0.5, 0.6) is 0 Å². The maximum atomic E-state index is 11.3. The summed E-state index contributed by atoms with van der Waals surface area (Å²) in [6.45, 7) is 4.55. The smallest absolute Gasteiger partial charge is 0.293 e. The molecule has 158 valence electrons. The standard InChI is InChI=1S/C23H23BrCl2N2O2/c1-3-20(30-13-29)22(16-10-21(24)27-12-16)23(15-5-8-17(25)9-6-15)28-19-11-18(26)7-4-14(19)2/h4-13,20,22-23,27-28H,3H2,1-2H3. The van der Waals surface area contributed by atoms with Crippen molar-refractivity contribution in [3.05, 3.63) is 86.1 Å². The zero-order valence-corrected chi connectivity index (χ0v) is 19.8. The van der Waals surface area contributed by atoms with Gasteiger partial charge in [-0.15, -0.1) is 0 Å². The average molecular weight is 510 g/mol. The predicted molar refractivity (Wildman–Crippen MR) is 126 cm³/mol. The minimum atomic E-state index is -0.335. The number of carbonyl (C=O) groups excluding carboxylic acids is 1. The van der Waals surface area contributed by atoms with E-state index in [4.69, 9.17) is 27.9 Å². The molecule has 3 rings (SSSR count). The summed E-state index contributed by atoms with van der Waals surface area (Å²) < 4.78 is 6.39. The van der Waals surface area contributed by atoms with Crippen molar-refractivity contribution in [1.29, 1.82) is 0 Å². The van der Waals surface area contributed by atoms with Crippen LogP contribution in [0.15, 0.2) is 59.3 Å². The second kappa shape index (κ2) is 10.4. The van der Waals surface area contributed by atoms with Crippen LogP contribution in [0.3, 0.4) is 0 Å². The van der Waals surface area contributed by atoms with Crippen LogP contribution in [-0.4, -0.2) is 17.6 Å². The summed E-state index contributed by atoms with van der Waals surface area (Å²) in [5.74, 6) is -0.165. The first kappa shape index (κ1) is 22.7. The predicted octanol–water partition coefficient (Wildman–Crippen LogP) is 7.28. The first-order chi connectivity index (χ1) is 14.4. The Morgan fingerprint density at radius 3 is 2.40 bits per heavy atom. The van der Waals surface area contributed by atoms with Crippen LogP contribution in [0, 0.1) is 6.92 Å². The lowest BCUT2D eigenvalue weighted by atomic mass is 9.82. The molecule has 4 nitrogen and oxygen atoms in total. The number of anilines is 1. The number of hydrogen-bond donors (Lipinski definition) is 2. The summed E-state index contributed by atoms with van der Waals surface area (Å²) in [4.78, 5) is 14.5. The van der Waals surface area contributed by atoms with Gasteiger partial charge in [0.05, 0.1) is 10.6 Å². The van der Waals surface area contributed by atoms with Gasteiger partial charge >= 0.3 is 0 Å². The number of H-pyrrole nitrogens is 1. The summed E-state index contributed by atoms with van der Waals surface area (Å²) in [7, 11) is 0. The van der Waals surface area contributed by atoms with Gasteiger partial charge in [0.1, 0.15) is 6.10 Å². The third-order valence-electron chi connectivity index (χ3n) is 5.19. The fourth-order valence-electron chi connectivity index (χ4n) is 3.67. The molecule has 1 aromatic heterocycles. The number of aryl methyl sites for hydroxylation is 1. The summed E-state index contributed by atoms with van der Waals surface area (Å²) in [5, 5.41) is 4.96. The molecule has 0 amide bonds. The number of aromatic nitrogens is 1. The molecule has 1 heterocycles. The lowest BCUT2D eigenvalue weighted by Gasteiger charge is -2.34. The van der Waals surface area contributed by atoms with E-state index in [1.54, 1.807) is 0 Å². The van der Waals surface area contributed by atoms with Crippen molar-refractivity contribution in [1.82, 2.24) is 4.98 Å². The van der Waals surface area contributed by atoms with Gasteiger partial charge in [0.25, 0.3) is 6.47 Å². The van der Waals surface area contributed by atoms with Crippen LogP contribution in [0.1, 0.15) is 42.0 Å². The van der Waals surface area contributed by atoms with Crippen LogP contribution in [0.4, 0.5) is 5.69 Å². The maximum absolute atomic E-state index is 11.3. The molecule has 3 unspecified atom stereocenters. The molecule has 0 fully saturated rings. The van der Waals surface area contributed by atoms with E-state index in [1.165, 1.54) is 0 Å².